The van der Waals surface area contributed by atoms with Gasteiger partial charge in [-0.3, -0.25) is 4.79 Å². The average molecular weight is 589 g/mol. The number of para-hydroxylation sites is 1. The fourth-order valence-electron chi connectivity index (χ4n) is 4.34. The third-order valence-electron chi connectivity index (χ3n) is 6.17. The van der Waals surface area contributed by atoms with Crippen LogP contribution in [0, 0.1) is 5.82 Å². The molecule has 1 amide bonds. The number of carbonyl (C=O) groups excluding carboxylic acids is 1. The number of anilines is 2. The van der Waals surface area contributed by atoms with Gasteiger partial charge in [0.1, 0.15) is 11.3 Å². The molecule has 2 aromatic carbocycles. The molecule has 5 rings (SSSR count). The second kappa shape index (κ2) is 12.2. The summed E-state index contributed by atoms with van der Waals surface area (Å²) in [5, 5.41) is 14.9. The summed E-state index contributed by atoms with van der Waals surface area (Å²) in [7, 11) is 1.46. The lowest BCUT2D eigenvalue weighted by atomic mass is 10.1. The van der Waals surface area contributed by atoms with Gasteiger partial charge in [-0.2, -0.15) is 23.4 Å². The summed E-state index contributed by atoms with van der Waals surface area (Å²) in [6.07, 6.45) is -2.38. The molecule has 1 aliphatic rings. The first-order chi connectivity index (χ1) is 19.7. The molecular formula is C27H24F4N6O3S. The Balaban J connectivity index is 1.53. The molecule has 9 nitrogen and oxygen atoms in total. The van der Waals surface area contributed by atoms with E-state index in [2.05, 4.69) is 25.8 Å². The number of aromatic nitrogens is 3. The molecule has 214 valence electrons. The molecule has 2 aromatic heterocycles. The summed E-state index contributed by atoms with van der Waals surface area (Å²) in [6.45, 7) is 1.54. The Kier molecular flexibility index (Phi) is 8.42. The number of amides is 1. The molecule has 1 fully saturated rings. The summed E-state index contributed by atoms with van der Waals surface area (Å²) in [5.41, 5.74) is -0.557. The Morgan fingerprint density at radius 3 is 2.73 bits per heavy atom. The SMILES string of the molecule is CN(CC1CNCCO1)c1c(NC(=O)c2nc(-c3ccnnc3)cs2)ccc(Oc2ccccc2F)c1C(F)(F)F. The van der Waals surface area contributed by atoms with Crippen molar-refractivity contribution < 1.29 is 31.8 Å². The second-order valence-electron chi connectivity index (χ2n) is 9.07. The maximum atomic E-state index is 14.7. The summed E-state index contributed by atoms with van der Waals surface area (Å²) >= 11 is 1.03. The Morgan fingerprint density at radius 1 is 1.20 bits per heavy atom. The lowest BCUT2D eigenvalue weighted by Crippen LogP contribution is -2.45. The van der Waals surface area contributed by atoms with Gasteiger partial charge in [0, 0.05) is 37.6 Å². The number of alkyl halides is 3. The number of nitrogens with one attached hydrogen (secondary N) is 2. The third-order valence-corrected chi connectivity index (χ3v) is 7.01. The Morgan fingerprint density at radius 2 is 2.02 bits per heavy atom. The van der Waals surface area contributed by atoms with Gasteiger partial charge in [-0.25, -0.2) is 9.37 Å². The zero-order chi connectivity index (χ0) is 29.0. The van der Waals surface area contributed by atoms with Gasteiger partial charge in [0.25, 0.3) is 5.91 Å². The minimum absolute atomic E-state index is 0.0328. The number of hydrogen-bond acceptors (Lipinski definition) is 9. The highest BCUT2D eigenvalue weighted by atomic mass is 32.1. The largest absolute Gasteiger partial charge is 0.454 e. The number of nitrogens with zero attached hydrogens (tertiary/aromatic N) is 4. The van der Waals surface area contributed by atoms with E-state index in [-0.39, 0.29) is 28.7 Å². The molecule has 0 radical (unpaired) electrons. The highest BCUT2D eigenvalue weighted by molar-refractivity contribution is 7.12. The van der Waals surface area contributed by atoms with Gasteiger partial charge in [0.2, 0.25) is 0 Å². The first kappa shape index (κ1) is 28.4. The van der Waals surface area contributed by atoms with Gasteiger partial charge in [-0.05, 0) is 30.3 Å². The van der Waals surface area contributed by atoms with Gasteiger partial charge in [0.15, 0.2) is 16.6 Å². The second-order valence-corrected chi connectivity index (χ2v) is 9.92. The predicted molar refractivity (Wildman–Crippen MR) is 145 cm³/mol. The molecule has 0 aliphatic carbocycles. The van der Waals surface area contributed by atoms with E-state index in [0.717, 1.165) is 23.5 Å². The quantitative estimate of drug-likeness (QED) is 0.270. The molecule has 14 heteroatoms. The smallest absolute Gasteiger partial charge is 0.422 e. The van der Waals surface area contributed by atoms with Gasteiger partial charge in [-0.1, -0.05) is 12.1 Å². The van der Waals surface area contributed by atoms with E-state index < -0.39 is 35.3 Å². The molecule has 1 aliphatic heterocycles. The first-order valence-corrected chi connectivity index (χ1v) is 13.3. The average Bonchev–Trinajstić information content (AvgIpc) is 3.46. The number of rotatable bonds is 8. The molecule has 1 unspecified atom stereocenters. The normalized spacial score (nSPS) is 15.4. The van der Waals surface area contributed by atoms with Crippen LogP contribution in [0.3, 0.4) is 0 Å². The van der Waals surface area contributed by atoms with Crippen molar-refractivity contribution in [3.63, 3.8) is 0 Å². The number of likely N-dealkylation sites (N-methyl/N-ethyl adjacent to an activating group) is 1. The molecule has 2 N–H and O–H groups in total. The van der Waals surface area contributed by atoms with Crippen LogP contribution in [0.2, 0.25) is 0 Å². The van der Waals surface area contributed by atoms with Crippen LogP contribution >= 0.6 is 11.3 Å². The topological polar surface area (TPSA) is 102 Å². The molecule has 0 spiro atoms. The molecule has 4 aromatic rings. The lowest BCUT2D eigenvalue weighted by molar-refractivity contribution is -0.138. The summed E-state index contributed by atoms with van der Waals surface area (Å²) < 4.78 is 69.6. The van der Waals surface area contributed by atoms with E-state index in [1.165, 1.54) is 48.6 Å². The molecule has 1 atom stereocenters. The number of hydrogen-bond donors (Lipinski definition) is 2. The van der Waals surface area contributed by atoms with Crippen molar-refractivity contribution in [1.29, 1.82) is 0 Å². The van der Waals surface area contributed by atoms with Gasteiger partial charge >= 0.3 is 6.18 Å². The Bertz CT molecular complexity index is 1510. The maximum Gasteiger partial charge on any atom is 0.422 e. The molecule has 1 saturated heterocycles. The van der Waals surface area contributed by atoms with Gasteiger partial charge in [0.05, 0.1) is 42.2 Å². The maximum absolute atomic E-state index is 14.7. The summed E-state index contributed by atoms with van der Waals surface area (Å²) in [4.78, 5) is 18.9. The van der Waals surface area contributed by atoms with Crippen LogP contribution in [0.15, 0.2) is 60.2 Å². The molecular weight excluding hydrogens is 564 g/mol. The van der Waals surface area contributed by atoms with Crippen LogP contribution in [0.25, 0.3) is 11.3 Å². The van der Waals surface area contributed by atoms with Crippen LogP contribution < -0.4 is 20.3 Å². The van der Waals surface area contributed by atoms with Crippen molar-refractivity contribution in [2.45, 2.75) is 12.3 Å². The first-order valence-electron chi connectivity index (χ1n) is 12.4. The molecule has 0 bridgehead atoms. The van der Waals surface area contributed by atoms with E-state index in [0.29, 0.717) is 31.0 Å². The standard InChI is InChI=1S/C27H24F4N6O3S/c1-37(14-17-13-32-10-11-39-17)24-19(35-25(38)26-36-20(15-41-26)16-8-9-33-34-12-16)6-7-22(23(24)27(29,30)31)40-21-5-3-2-4-18(21)28/h2-9,12,15,17,32H,10-11,13-14H2,1H3,(H,35,38). The third kappa shape index (κ3) is 6.61. The van der Waals surface area contributed by atoms with E-state index in [1.807, 2.05) is 0 Å². The zero-order valence-corrected chi connectivity index (χ0v) is 22.4. The predicted octanol–water partition coefficient (Wildman–Crippen LogP) is 5.23. The van der Waals surface area contributed by atoms with Crippen LogP contribution in [-0.2, 0) is 10.9 Å². The lowest BCUT2D eigenvalue weighted by Gasteiger charge is -2.32. The highest BCUT2D eigenvalue weighted by Crippen LogP contribution is 2.48. The van der Waals surface area contributed by atoms with Crippen LogP contribution in [0.5, 0.6) is 11.5 Å². The monoisotopic (exact) mass is 588 g/mol. The van der Waals surface area contributed by atoms with Crippen molar-refractivity contribution in [2.75, 3.05) is 43.5 Å². The van der Waals surface area contributed by atoms with Crippen molar-refractivity contribution in [3.05, 3.63) is 76.6 Å². The zero-order valence-electron chi connectivity index (χ0n) is 21.6. The number of morpholine rings is 1. The Hall–Kier alpha value is -4.14. The number of benzene rings is 2. The number of thiazole rings is 1. The fraction of sp³-hybridized carbons (Fsp3) is 0.259. The highest BCUT2D eigenvalue weighted by Gasteiger charge is 2.41. The van der Waals surface area contributed by atoms with E-state index in [1.54, 1.807) is 11.4 Å². The van der Waals surface area contributed by atoms with E-state index >= 15 is 0 Å². The van der Waals surface area contributed by atoms with Crippen LogP contribution in [0.4, 0.5) is 28.9 Å². The van der Waals surface area contributed by atoms with E-state index in [4.69, 9.17) is 9.47 Å². The van der Waals surface area contributed by atoms with Crippen molar-refractivity contribution in [3.8, 4) is 22.8 Å². The van der Waals surface area contributed by atoms with E-state index in [9.17, 15) is 22.4 Å². The number of carbonyl (C=O) groups is 1. The van der Waals surface area contributed by atoms with Gasteiger partial charge < -0.3 is 25.0 Å². The molecule has 0 saturated carbocycles. The summed E-state index contributed by atoms with van der Waals surface area (Å²) in [5.74, 6) is -2.51. The van der Waals surface area contributed by atoms with Crippen molar-refractivity contribution in [1.82, 2.24) is 20.5 Å². The Labute approximate surface area is 236 Å². The molecule has 3 heterocycles. The van der Waals surface area contributed by atoms with Crippen LogP contribution in [0.1, 0.15) is 15.4 Å². The minimum Gasteiger partial charge on any atom is -0.454 e. The van der Waals surface area contributed by atoms with Gasteiger partial charge in [-0.15, -0.1) is 11.3 Å². The minimum atomic E-state index is -4.93. The number of halogens is 4. The van der Waals surface area contributed by atoms with Crippen LogP contribution in [-0.4, -0.2) is 60.5 Å². The molecule has 41 heavy (non-hydrogen) atoms. The fourth-order valence-corrected chi connectivity index (χ4v) is 5.06. The number of ether oxygens (including phenoxy) is 2. The van der Waals surface area contributed by atoms with Crippen molar-refractivity contribution >= 4 is 28.6 Å². The summed E-state index contributed by atoms with van der Waals surface area (Å²) in [6, 6.07) is 9.18. The van der Waals surface area contributed by atoms with Crippen molar-refractivity contribution in [2.24, 2.45) is 0 Å².